The number of rotatable bonds is 4. The molecule has 2 aromatic rings. The van der Waals surface area contributed by atoms with Crippen LogP contribution in [-0.2, 0) is 19.3 Å². The zero-order valence-electron chi connectivity index (χ0n) is 12.3. The third kappa shape index (κ3) is 2.75. The molecular weight excluding hydrogens is 244 g/mol. The highest BCUT2D eigenvalue weighted by atomic mass is 15.2. The van der Waals surface area contributed by atoms with E-state index < -0.39 is 0 Å². The van der Waals surface area contributed by atoms with Crippen LogP contribution in [0.25, 0.3) is 0 Å². The van der Waals surface area contributed by atoms with Crippen LogP contribution in [0.2, 0.25) is 0 Å². The molecular formula is C18H22N2. The molecule has 20 heavy (non-hydrogen) atoms. The van der Waals surface area contributed by atoms with Crippen LogP contribution in [0.1, 0.15) is 23.7 Å². The number of likely N-dealkylation sites (N-methyl/N-ethyl adjacent to an activating group) is 1. The molecule has 2 heteroatoms. The molecule has 1 aliphatic carbocycles. The molecule has 1 aromatic heterocycles. The number of hydrogen-bond acceptors (Lipinski definition) is 2. The average Bonchev–Trinajstić information content (AvgIpc) is 2.91. The Morgan fingerprint density at radius 3 is 2.35 bits per heavy atom. The molecule has 0 radical (unpaired) electrons. The molecule has 1 aromatic carbocycles. The van der Waals surface area contributed by atoms with E-state index in [4.69, 9.17) is 0 Å². The summed E-state index contributed by atoms with van der Waals surface area (Å²) in [6, 6.07) is 16.2. The van der Waals surface area contributed by atoms with Crippen molar-refractivity contribution in [2.45, 2.75) is 38.3 Å². The van der Waals surface area contributed by atoms with Gasteiger partial charge in [0.1, 0.15) is 0 Å². The van der Waals surface area contributed by atoms with Gasteiger partial charge in [-0.15, -0.1) is 0 Å². The Hall–Kier alpha value is -1.67. The quantitative estimate of drug-likeness (QED) is 0.845. The highest BCUT2D eigenvalue weighted by molar-refractivity contribution is 5.33. The first kappa shape index (κ1) is 13.3. The molecule has 0 saturated heterocycles. The van der Waals surface area contributed by atoms with E-state index in [2.05, 4.69) is 60.3 Å². The first-order chi connectivity index (χ1) is 9.74. The van der Waals surface area contributed by atoms with Gasteiger partial charge in [-0.1, -0.05) is 30.3 Å². The van der Waals surface area contributed by atoms with Crippen molar-refractivity contribution in [1.29, 1.82) is 0 Å². The van der Waals surface area contributed by atoms with Crippen LogP contribution < -0.4 is 0 Å². The first-order valence-electron chi connectivity index (χ1n) is 7.42. The third-order valence-corrected chi connectivity index (χ3v) is 4.53. The van der Waals surface area contributed by atoms with Crippen molar-refractivity contribution in [2.75, 3.05) is 7.05 Å². The van der Waals surface area contributed by atoms with Crippen molar-refractivity contribution in [2.24, 2.45) is 0 Å². The molecule has 0 amide bonds. The van der Waals surface area contributed by atoms with Crippen LogP contribution in [0.4, 0.5) is 0 Å². The van der Waals surface area contributed by atoms with E-state index in [1.807, 2.05) is 12.3 Å². The molecule has 0 unspecified atom stereocenters. The predicted octanol–water partition coefficient (Wildman–Crippen LogP) is 3.11. The zero-order valence-corrected chi connectivity index (χ0v) is 12.3. The van der Waals surface area contributed by atoms with Gasteiger partial charge in [0, 0.05) is 30.4 Å². The summed E-state index contributed by atoms with van der Waals surface area (Å²) in [5, 5.41) is 0. The Labute approximate surface area is 121 Å². The smallest absolute Gasteiger partial charge is 0.0419 e. The van der Waals surface area contributed by atoms with Crippen molar-refractivity contribution in [3.63, 3.8) is 0 Å². The monoisotopic (exact) mass is 266 g/mol. The van der Waals surface area contributed by atoms with Crippen LogP contribution in [0.15, 0.2) is 48.7 Å². The highest BCUT2D eigenvalue weighted by Crippen LogP contribution is 2.26. The summed E-state index contributed by atoms with van der Waals surface area (Å²) in [6.45, 7) is 2.30. The lowest BCUT2D eigenvalue weighted by Gasteiger charge is -2.30. The molecule has 0 aliphatic heterocycles. The lowest BCUT2D eigenvalue weighted by molar-refractivity contribution is 0.187. The van der Waals surface area contributed by atoms with E-state index in [1.54, 1.807) is 0 Å². The first-order valence-corrected chi connectivity index (χ1v) is 7.42. The summed E-state index contributed by atoms with van der Waals surface area (Å²) < 4.78 is 0. The fraction of sp³-hybridized carbons (Fsp3) is 0.389. The van der Waals surface area contributed by atoms with Gasteiger partial charge in [0.05, 0.1) is 0 Å². The van der Waals surface area contributed by atoms with Crippen molar-refractivity contribution in [3.8, 4) is 0 Å². The number of benzene rings is 1. The predicted molar refractivity (Wildman–Crippen MR) is 82.8 cm³/mol. The molecule has 1 atom stereocenters. The zero-order chi connectivity index (χ0) is 13.9. The maximum atomic E-state index is 4.44. The normalized spacial score (nSPS) is 16.4. The fourth-order valence-electron chi connectivity index (χ4n) is 3.15. The highest BCUT2D eigenvalue weighted by Gasteiger charge is 2.27. The van der Waals surface area contributed by atoms with Gasteiger partial charge in [-0.25, -0.2) is 0 Å². The standard InChI is InChI=1S/C18H22N2/c1-14(11-17-9-5-6-10-19-17)20(2)18-12-15-7-3-4-8-16(15)13-18/h3-10,14,18H,11-13H2,1-2H3/t14-/m1/s1. The fourth-order valence-corrected chi connectivity index (χ4v) is 3.15. The van der Waals surface area contributed by atoms with Gasteiger partial charge < -0.3 is 0 Å². The molecule has 104 valence electrons. The lowest BCUT2D eigenvalue weighted by Crippen LogP contribution is -2.40. The Morgan fingerprint density at radius 2 is 1.75 bits per heavy atom. The van der Waals surface area contributed by atoms with Crippen LogP contribution in [0.3, 0.4) is 0 Å². The Kier molecular flexibility index (Phi) is 3.83. The van der Waals surface area contributed by atoms with Gasteiger partial charge in [-0.2, -0.15) is 0 Å². The third-order valence-electron chi connectivity index (χ3n) is 4.53. The number of fused-ring (bicyclic) bond motifs is 1. The summed E-state index contributed by atoms with van der Waals surface area (Å²) in [5.41, 5.74) is 4.23. The van der Waals surface area contributed by atoms with E-state index in [9.17, 15) is 0 Å². The van der Waals surface area contributed by atoms with Crippen molar-refractivity contribution >= 4 is 0 Å². The van der Waals surface area contributed by atoms with Crippen molar-refractivity contribution in [1.82, 2.24) is 9.88 Å². The maximum absolute atomic E-state index is 4.44. The lowest BCUT2D eigenvalue weighted by atomic mass is 10.1. The molecule has 2 nitrogen and oxygen atoms in total. The van der Waals surface area contributed by atoms with Gasteiger partial charge in [0.15, 0.2) is 0 Å². The largest absolute Gasteiger partial charge is 0.300 e. The molecule has 0 N–H and O–H groups in total. The van der Waals surface area contributed by atoms with Crippen LogP contribution in [0, 0.1) is 0 Å². The maximum Gasteiger partial charge on any atom is 0.0419 e. The van der Waals surface area contributed by atoms with Crippen molar-refractivity contribution < 1.29 is 0 Å². The summed E-state index contributed by atoms with van der Waals surface area (Å²) in [5.74, 6) is 0. The van der Waals surface area contributed by atoms with Gasteiger partial charge >= 0.3 is 0 Å². The van der Waals surface area contributed by atoms with E-state index >= 15 is 0 Å². The minimum Gasteiger partial charge on any atom is -0.300 e. The van der Waals surface area contributed by atoms with Gasteiger partial charge in [-0.05, 0) is 50.1 Å². The topological polar surface area (TPSA) is 16.1 Å². The molecule has 0 saturated carbocycles. The van der Waals surface area contributed by atoms with E-state index in [0.29, 0.717) is 12.1 Å². The number of pyridine rings is 1. The molecule has 1 heterocycles. The summed E-state index contributed by atoms with van der Waals surface area (Å²) in [6.07, 6.45) is 5.26. The van der Waals surface area contributed by atoms with E-state index in [-0.39, 0.29) is 0 Å². The van der Waals surface area contributed by atoms with Gasteiger partial charge in [0.2, 0.25) is 0 Å². The Morgan fingerprint density at radius 1 is 1.10 bits per heavy atom. The summed E-state index contributed by atoms with van der Waals surface area (Å²) in [7, 11) is 2.25. The Bertz CT molecular complexity index is 540. The minimum atomic E-state index is 0.518. The van der Waals surface area contributed by atoms with Gasteiger partial charge in [-0.3, -0.25) is 9.88 Å². The van der Waals surface area contributed by atoms with E-state index in [1.165, 1.54) is 29.7 Å². The second-order valence-corrected chi connectivity index (χ2v) is 5.87. The molecule has 0 spiro atoms. The number of nitrogens with zero attached hydrogens (tertiary/aromatic N) is 2. The van der Waals surface area contributed by atoms with Crippen molar-refractivity contribution in [3.05, 3.63) is 65.5 Å². The number of hydrogen-bond donors (Lipinski definition) is 0. The second kappa shape index (κ2) is 5.76. The number of aromatic nitrogens is 1. The summed E-state index contributed by atoms with van der Waals surface area (Å²) >= 11 is 0. The molecule has 3 rings (SSSR count). The Balaban J connectivity index is 1.64. The minimum absolute atomic E-state index is 0.518. The molecule has 1 aliphatic rings. The average molecular weight is 266 g/mol. The van der Waals surface area contributed by atoms with Crippen LogP contribution >= 0.6 is 0 Å². The van der Waals surface area contributed by atoms with Crippen LogP contribution in [-0.4, -0.2) is 29.0 Å². The second-order valence-electron chi connectivity index (χ2n) is 5.87. The summed E-state index contributed by atoms with van der Waals surface area (Å²) in [4.78, 5) is 6.96. The van der Waals surface area contributed by atoms with Gasteiger partial charge in [0.25, 0.3) is 0 Å². The SMILES string of the molecule is C[C@H](Cc1ccccn1)N(C)C1Cc2ccccc2C1. The molecule has 0 bridgehead atoms. The molecule has 0 fully saturated rings. The van der Waals surface area contributed by atoms with Crippen LogP contribution in [0.5, 0.6) is 0 Å². The van der Waals surface area contributed by atoms with E-state index in [0.717, 1.165) is 6.42 Å².